The molecule has 2 aromatic heterocycles. The third-order valence-electron chi connectivity index (χ3n) is 4.44. The highest BCUT2D eigenvalue weighted by atomic mass is 16.1. The van der Waals surface area contributed by atoms with Crippen LogP contribution in [0.2, 0.25) is 0 Å². The molecule has 2 aromatic carbocycles. The van der Waals surface area contributed by atoms with Crippen molar-refractivity contribution in [3.8, 4) is 0 Å². The van der Waals surface area contributed by atoms with E-state index in [0.717, 1.165) is 29.0 Å². The molecule has 0 atom stereocenters. The van der Waals surface area contributed by atoms with Crippen molar-refractivity contribution < 1.29 is 4.79 Å². The van der Waals surface area contributed by atoms with Crippen LogP contribution in [0.3, 0.4) is 0 Å². The summed E-state index contributed by atoms with van der Waals surface area (Å²) in [4.78, 5) is 19.9. The average molecular weight is 359 g/mol. The van der Waals surface area contributed by atoms with Crippen molar-refractivity contribution in [3.05, 3.63) is 83.9 Å². The number of imidazole rings is 1. The highest BCUT2D eigenvalue weighted by Crippen LogP contribution is 2.11. The van der Waals surface area contributed by atoms with Crippen LogP contribution in [0.15, 0.2) is 67.0 Å². The number of carbonyl (C=O) groups excluding carboxylic acids is 1. The monoisotopic (exact) mass is 359 g/mol. The number of rotatable bonds is 7. The van der Waals surface area contributed by atoms with Gasteiger partial charge in [0.1, 0.15) is 5.82 Å². The SMILES string of the molecule is O=C(CCc1nc2ccccc2[nH]1)NCc1ccc(Cn2cccn2)cc1. The number of aromatic nitrogens is 4. The van der Waals surface area contributed by atoms with Crippen LogP contribution in [-0.4, -0.2) is 25.7 Å². The number of benzene rings is 2. The molecule has 2 N–H and O–H groups in total. The fourth-order valence-electron chi connectivity index (χ4n) is 2.99. The second-order valence-electron chi connectivity index (χ2n) is 6.50. The number of nitrogens with one attached hydrogen (secondary N) is 2. The average Bonchev–Trinajstić information content (AvgIpc) is 3.35. The lowest BCUT2D eigenvalue weighted by Gasteiger charge is -2.07. The number of aryl methyl sites for hydroxylation is 1. The molecule has 6 nitrogen and oxygen atoms in total. The molecule has 0 saturated carbocycles. The maximum absolute atomic E-state index is 12.1. The first kappa shape index (κ1) is 17.0. The summed E-state index contributed by atoms with van der Waals surface area (Å²) < 4.78 is 1.88. The van der Waals surface area contributed by atoms with Gasteiger partial charge in [-0.1, -0.05) is 36.4 Å². The molecule has 0 saturated heterocycles. The van der Waals surface area contributed by atoms with Gasteiger partial charge in [0, 0.05) is 31.8 Å². The first-order chi connectivity index (χ1) is 13.3. The summed E-state index contributed by atoms with van der Waals surface area (Å²) in [5.74, 6) is 0.866. The van der Waals surface area contributed by atoms with Crippen LogP contribution in [0.25, 0.3) is 11.0 Å². The quantitative estimate of drug-likeness (QED) is 0.532. The van der Waals surface area contributed by atoms with Crippen molar-refractivity contribution in [1.29, 1.82) is 0 Å². The number of fused-ring (bicyclic) bond motifs is 1. The van der Waals surface area contributed by atoms with Crippen LogP contribution in [0.1, 0.15) is 23.4 Å². The Morgan fingerprint density at radius 2 is 1.85 bits per heavy atom. The van der Waals surface area contributed by atoms with Gasteiger partial charge in [-0.15, -0.1) is 0 Å². The second kappa shape index (κ2) is 7.86. The van der Waals surface area contributed by atoms with Gasteiger partial charge in [0.2, 0.25) is 5.91 Å². The Labute approximate surface area is 157 Å². The molecule has 4 aromatic rings. The lowest BCUT2D eigenvalue weighted by molar-refractivity contribution is -0.121. The Bertz CT molecular complexity index is 985. The van der Waals surface area contributed by atoms with Gasteiger partial charge in [-0.05, 0) is 29.3 Å². The number of aromatic amines is 1. The Morgan fingerprint density at radius 3 is 2.63 bits per heavy atom. The minimum Gasteiger partial charge on any atom is -0.352 e. The van der Waals surface area contributed by atoms with Gasteiger partial charge >= 0.3 is 0 Å². The van der Waals surface area contributed by atoms with Crippen molar-refractivity contribution in [2.75, 3.05) is 0 Å². The van der Waals surface area contributed by atoms with Crippen molar-refractivity contribution in [1.82, 2.24) is 25.1 Å². The molecule has 0 aliphatic carbocycles. The summed E-state index contributed by atoms with van der Waals surface area (Å²) in [5, 5.41) is 7.17. The Hall–Kier alpha value is -3.41. The topological polar surface area (TPSA) is 75.6 Å². The maximum Gasteiger partial charge on any atom is 0.220 e. The Morgan fingerprint density at radius 1 is 1.04 bits per heavy atom. The Balaban J connectivity index is 1.25. The number of hydrogen-bond acceptors (Lipinski definition) is 3. The van der Waals surface area contributed by atoms with E-state index in [9.17, 15) is 4.79 Å². The smallest absolute Gasteiger partial charge is 0.220 e. The molecule has 4 rings (SSSR count). The minimum atomic E-state index is 0.0241. The van der Waals surface area contributed by atoms with Gasteiger partial charge in [-0.25, -0.2) is 4.98 Å². The predicted molar refractivity (Wildman–Crippen MR) is 104 cm³/mol. The number of para-hydroxylation sites is 2. The van der Waals surface area contributed by atoms with E-state index in [1.54, 1.807) is 6.20 Å². The van der Waals surface area contributed by atoms with Gasteiger partial charge in [0.25, 0.3) is 0 Å². The van der Waals surface area contributed by atoms with E-state index in [1.165, 1.54) is 5.56 Å². The molecule has 0 aliphatic rings. The fraction of sp³-hybridized carbons (Fsp3) is 0.190. The lowest BCUT2D eigenvalue weighted by Crippen LogP contribution is -2.23. The summed E-state index contributed by atoms with van der Waals surface area (Å²) >= 11 is 0. The van der Waals surface area contributed by atoms with Crippen LogP contribution >= 0.6 is 0 Å². The number of hydrogen-bond donors (Lipinski definition) is 2. The summed E-state index contributed by atoms with van der Waals surface area (Å²) in [6, 6.07) is 18.0. The largest absolute Gasteiger partial charge is 0.352 e. The molecule has 0 unspecified atom stereocenters. The third-order valence-corrected chi connectivity index (χ3v) is 4.44. The van der Waals surface area contributed by atoms with E-state index < -0.39 is 0 Å². The molecule has 1 amide bonds. The molecule has 0 spiro atoms. The first-order valence-corrected chi connectivity index (χ1v) is 9.02. The van der Waals surface area contributed by atoms with Gasteiger partial charge < -0.3 is 10.3 Å². The zero-order chi connectivity index (χ0) is 18.5. The van der Waals surface area contributed by atoms with E-state index in [4.69, 9.17) is 0 Å². The number of amides is 1. The zero-order valence-corrected chi connectivity index (χ0v) is 14.9. The Kier molecular flexibility index (Phi) is 4.96. The van der Waals surface area contributed by atoms with Crippen LogP contribution in [0, 0.1) is 0 Å². The molecule has 136 valence electrons. The van der Waals surface area contributed by atoms with Gasteiger partial charge in [-0.2, -0.15) is 5.10 Å². The number of H-pyrrole nitrogens is 1. The maximum atomic E-state index is 12.1. The van der Waals surface area contributed by atoms with Gasteiger partial charge in [-0.3, -0.25) is 9.48 Å². The normalized spacial score (nSPS) is 11.0. The van der Waals surface area contributed by atoms with Crippen LogP contribution in [-0.2, 0) is 24.3 Å². The molecular formula is C21H21N5O. The molecule has 0 bridgehead atoms. The lowest BCUT2D eigenvalue weighted by atomic mass is 10.1. The minimum absolute atomic E-state index is 0.0241. The van der Waals surface area contributed by atoms with Crippen LogP contribution in [0.5, 0.6) is 0 Å². The second-order valence-corrected chi connectivity index (χ2v) is 6.50. The molecular weight excluding hydrogens is 338 g/mol. The standard InChI is InChI=1S/C21H21N5O/c27-21(11-10-20-24-18-4-1-2-5-19(18)25-20)22-14-16-6-8-17(9-7-16)15-26-13-3-12-23-26/h1-9,12-13H,10-11,14-15H2,(H,22,27)(H,24,25). The molecule has 6 heteroatoms. The van der Waals surface area contributed by atoms with Gasteiger partial charge in [0.15, 0.2) is 0 Å². The van der Waals surface area contributed by atoms with Crippen molar-refractivity contribution in [2.24, 2.45) is 0 Å². The molecule has 2 heterocycles. The summed E-state index contributed by atoms with van der Waals surface area (Å²) in [5.41, 5.74) is 4.20. The number of carbonyl (C=O) groups is 1. The molecule has 0 aliphatic heterocycles. The summed E-state index contributed by atoms with van der Waals surface area (Å²) in [6.07, 6.45) is 4.73. The van der Waals surface area contributed by atoms with Crippen LogP contribution < -0.4 is 5.32 Å². The predicted octanol–water partition coefficient (Wildman–Crippen LogP) is 3.06. The highest BCUT2D eigenvalue weighted by Gasteiger charge is 2.06. The fourth-order valence-corrected chi connectivity index (χ4v) is 2.99. The van der Waals surface area contributed by atoms with E-state index >= 15 is 0 Å². The molecule has 0 radical (unpaired) electrons. The van der Waals surface area contributed by atoms with Crippen molar-refractivity contribution in [2.45, 2.75) is 25.9 Å². The zero-order valence-electron chi connectivity index (χ0n) is 14.9. The molecule has 27 heavy (non-hydrogen) atoms. The van der Waals surface area contributed by atoms with E-state index in [2.05, 4.69) is 32.5 Å². The van der Waals surface area contributed by atoms with E-state index in [0.29, 0.717) is 19.4 Å². The molecule has 0 fully saturated rings. The number of nitrogens with zero attached hydrogens (tertiary/aromatic N) is 3. The van der Waals surface area contributed by atoms with Crippen molar-refractivity contribution in [3.63, 3.8) is 0 Å². The van der Waals surface area contributed by atoms with E-state index in [1.807, 2.05) is 53.3 Å². The summed E-state index contributed by atoms with van der Waals surface area (Å²) in [7, 11) is 0. The van der Waals surface area contributed by atoms with Crippen molar-refractivity contribution >= 4 is 16.9 Å². The third kappa shape index (κ3) is 4.41. The van der Waals surface area contributed by atoms with Crippen LogP contribution in [0.4, 0.5) is 0 Å². The van der Waals surface area contributed by atoms with E-state index in [-0.39, 0.29) is 5.91 Å². The van der Waals surface area contributed by atoms with Gasteiger partial charge in [0.05, 0.1) is 17.6 Å². The first-order valence-electron chi connectivity index (χ1n) is 9.02. The summed E-state index contributed by atoms with van der Waals surface area (Å²) in [6.45, 7) is 1.28. The highest BCUT2D eigenvalue weighted by molar-refractivity contribution is 5.77.